The van der Waals surface area contributed by atoms with Gasteiger partial charge in [0.15, 0.2) is 0 Å². The third-order valence-corrected chi connectivity index (χ3v) is 7.86. The summed E-state index contributed by atoms with van der Waals surface area (Å²) in [5.41, 5.74) is 6.55. The van der Waals surface area contributed by atoms with Gasteiger partial charge in [-0.1, -0.05) is 18.2 Å². The number of para-hydroxylation sites is 1. The lowest BCUT2D eigenvalue weighted by Crippen LogP contribution is -2.52. The zero-order valence-corrected chi connectivity index (χ0v) is 23.0. The lowest BCUT2D eigenvalue weighted by molar-refractivity contribution is -0.385. The van der Waals surface area contributed by atoms with Gasteiger partial charge in [0.2, 0.25) is 11.7 Å². The van der Waals surface area contributed by atoms with Crippen LogP contribution < -0.4 is 15.8 Å². The van der Waals surface area contributed by atoms with Crippen LogP contribution in [0.1, 0.15) is 43.7 Å². The lowest BCUT2D eigenvalue weighted by Gasteiger charge is -2.42. The standard InChI is InChI=1S/C29H34N8O4/c1-19(38)35-13-15-36(16-14-35)22-10-8-21(9-11-22)34-29-26(28(31)32-18-33-29)27(30)20-7-12-25(24(17-20)37(39)40)41-23-5-3-2-4-6-23/h2-7,12,17-18,21-22,30H,8-11,13-16H2,1H3,(H3,31,32,33,34). The first-order valence-electron chi connectivity index (χ1n) is 13.8. The van der Waals surface area contributed by atoms with E-state index in [0.29, 0.717) is 28.7 Å². The van der Waals surface area contributed by atoms with Gasteiger partial charge in [0, 0.05) is 56.8 Å². The van der Waals surface area contributed by atoms with Crippen LogP contribution in [0.3, 0.4) is 0 Å². The number of amides is 1. The second kappa shape index (κ2) is 12.3. The fourth-order valence-corrected chi connectivity index (χ4v) is 5.60. The van der Waals surface area contributed by atoms with Gasteiger partial charge in [-0.15, -0.1) is 0 Å². The van der Waals surface area contributed by atoms with Crippen LogP contribution in [0.4, 0.5) is 17.3 Å². The summed E-state index contributed by atoms with van der Waals surface area (Å²) < 4.78 is 5.73. The molecule has 41 heavy (non-hydrogen) atoms. The Morgan fingerprint density at radius 1 is 1.07 bits per heavy atom. The highest BCUT2D eigenvalue weighted by Gasteiger charge is 2.30. The van der Waals surface area contributed by atoms with E-state index in [1.807, 2.05) is 11.0 Å². The van der Waals surface area contributed by atoms with Gasteiger partial charge in [0.25, 0.3) is 0 Å². The summed E-state index contributed by atoms with van der Waals surface area (Å²) in [4.78, 5) is 35.9. The maximum atomic E-state index is 11.9. The lowest BCUT2D eigenvalue weighted by atomic mass is 9.89. The Bertz CT molecular complexity index is 1420. The number of carbonyl (C=O) groups is 1. The van der Waals surface area contributed by atoms with E-state index < -0.39 is 4.92 Å². The van der Waals surface area contributed by atoms with Crippen molar-refractivity contribution in [2.45, 2.75) is 44.7 Å². The Morgan fingerprint density at radius 3 is 2.44 bits per heavy atom. The molecule has 1 aromatic heterocycles. The zero-order chi connectivity index (χ0) is 28.9. The van der Waals surface area contributed by atoms with Crippen LogP contribution in [0.25, 0.3) is 0 Å². The summed E-state index contributed by atoms with van der Waals surface area (Å²) in [5, 5.41) is 24.3. The molecule has 2 heterocycles. The first kappa shape index (κ1) is 28.0. The molecule has 5 rings (SSSR count). The Kier molecular flexibility index (Phi) is 8.39. The van der Waals surface area contributed by atoms with Crippen LogP contribution >= 0.6 is 0 Å². The smallest absolute Gasteiger partial charge is 0.312 e. The Balaban J connectivity index is 1.28. The molecule has 0 bridgehead atoms. The number of anilines is 2. The molecule has 1 saturated heterocycles. The number of nitro groups is 1. The predicted molar refractivity (Wildman–Crippen MR) is 155 cm³/mol. The molecule has 214 valence electrons. The largest absolute Gasteiger partial charge is 0.450 e. The van der Waals surface area contributed by atoms with Crippen LogP contribution in [0, 0.1) is 15.5 Å². The van der Waals surface area contributed by atoms with E-state index in [0.717, 1.165) is 51.9 Å². The quantitative estimate of drug-likeness (QED) is 0.210. The first-order chi connectivity index (χ1) is 19.8. The molecule has 0 atom stereocenters. The van der Waals surface area contributed by atoms with E-state index in [1.165, 1.54) is 18.5 Å². The van der Waals surface area contributed by atoms with Crippen molar-refractivity contribution in [1.82, 2.24) is 19.8 Å². The molecule has 2 fully saturated rings. The summed E-state index contributed by atoms with van der Waals surface area (Å²) in [7, 11) is 0. The van der Waals surface area contributed by atoms with Crippen LogP contribution in [0.5, 0.6) is 11.5 Å². The number of piperazine rings is 1. The monoisotopic (exact) mass is 558 g/mol. The molecule has 2 aliphatic rings. The van der Waals surface area contributed by atoms with E-state index in [9.17, 15) is 14.9 Å². The van der Waals surface area contributed by atoms with Gasteiger partial charge in [0.1, 0.15) is 23.7 Å². The highest BCUT2D eigenvalue weighted by Crippen LogP contribution is 2.34. The molecule has 1 aliphatic heterocycles. The molecular weight excluding hydrogens is 524 g/mol. The number of nitrogen functional groups attached to an aromatic ring is 1. The summed E-state index contributed by atoms with van der Waals surface area (Å²) in [6.07, 6.45) is 5.23. The summed E-state index contributed by atoms with van der Waals surface area (Å²) in [5.74, 6) is 1.24. The minimum absolute atomic E-state index is 0.0167. The molecule has 1 amide bonds. The molecule has 12 nitrogen and oxygen atoms in total. The number of nitrogens with zero attached hydrogens (tertiary/aromatic N) is 5. The van der Waals surface area contributed by atoms with Crippen molar-refractivity contribution in [3.8, 4) is 11.5 Å². The van der Waals surface area contributed by atoms with Crippen molar-refractivity contribution in [2.75, 3.05) is 37.2 Å². The number of carbonyl (C=O) groups excluding carboxylic acids is 1. The van der Waals surface area contributed by atoms with E-state index in [2.05, 4.69) is 20.2 Å². The van der Waals surface area contributed by atoms with Gasteiger partial charge < -0.3 is 20.7 Å². The first-order valence-corrected chi connectivity index (χ1v) is 13.8. The number of hydrogen-bond acceptors (Lipinski definition) is 10. The van der Waals surface area contributed by atoms with Crippen molar-refractivity contribution in [3.63, 3.8) is 0 Å². The second-order valence-electron chi connectivity index (χ2n) is 10.4. The van der Waals surface area contributed by atoms with E-state index in [1.54, 1.807) is 37.3 Å². The fourth-order valence-electron chi connectivity index (χ4n) is 5.60. The SMILES string of the molecule is CC(=O)N1CCN(C2CCC(Nc3ncnc(N)c3C(=N)c3ccc(Oc4ccccc4)c([N+](=O)[O-])c3)CC2)CC1. The molecule has 4 N–H and O–H groups in total. The number of nitrogens with one attached hydrogen (secondary N) is 2. The molecular formula is C29H34N8O4. The number of nitro benzene ring substituents is 1. The second-order valence-corrected chi connectivity index (χ2v) is 10.4. The van der Waals surface area contributed by atoms with Gasteiger partial charge in [-0.05, 0) is 49.9 Å². The fraction of sp³-hybridized carbons (Fsp3) is 0.379. The zero-order valence-electron chi connectivity index (χ0n) is 23.0. The average molecular weight is 559 g/mol. The maximum Gasteiger partial charge on any atom is 0.312 e. The van der Waals surface area contributed by atoms with Crippen LogP contribution in [0.15, 0.2) is 54.9 Å². The topological polar surface area (TPSA) is 164 Å². The van der Waals surface area contributed by atoms with Gasteiger partial charge >= 0.3 is 5.69 Å². The highest BCUT2D eigenvalue weighted by atomic mass is 16.6. The Morgan fingerprint density at radius 2 is 1.78 bits per heavy atom. The normalized spacial score (nSPS) is 19.4. The molecule has 0 unspecified atom stereocenters. The number of benzene rings is 2. The molecule has 0 radical (unpaired) electrons. The van der Waals surface area contributed by atoms with E-state index >= 15 is 0 Å². The molecule has 1 saturated carbocycles. The van der Waals surface area contributed by atoms with Crippen LogP contribution in [0.2, 0.25) is 0 Å². The summed E-state index contributed by atoms with van der Waals surface area (Å²) in [6, 6.07) is 13.8. The summed E-state index contributed by atoms with van der Waals surface area (Å²) in [6.45, 7) is 4.96. The van der Waals surface area contributed by atoms with Crippen molar-refractivity contribution in [1.29, 1.82) is 5.41 Å². The Hall–Kier alpha value is -4.58. The highest BCUT2D eigenvalue weighted by molar-refractivity contribution is 6.16. The van der Waals surface area contributed by atoms with Crippen molar-refractivity contribution < 1.29 is 14.5 Å². The third-order valence-electron chi connectivity index (χ3n) is 7.86. The van der Waals surface area contributed by atoms with Crippen LogP contribution in [-0.2, 0) is 4.79 Å². The van der Waals surface area contributed by atoms with Gasteiger partial charge in [-0.25, -0.2) is 9.97 Å². The molecule has 2 aromatic carbocycles. The average Bonchev–Trinajstić information content (AvgIpc) is 2.98. The van der Waals surface area contributed by atoms with E-state index in [4.69, 9.17) is 15.9 Å². The van der Waals surface area contributed by atoms with Crippen LogP contribution in [-0.4, -0.2) is 74.6 Å². The Labute approximate surface area is 238 Å². The molecule has 12 heteroatoms. The number of hydrogen-bond donors (Lipinski definition) is 3. The molecule has 0 spiro atoms. The summed E-state index contributed by atoms with van der Waals surface area (Å²) >= 11 is 0. The number of nitrogens with two attached hydrogens (primary N) is 1. The minimum Gasteiger partial charge on any atom is -0.450 e. The van der Waals surface area contributed by atoms with Crippen molar-refractivity contribution >= 4 is 28.9 Å². The number of rotatable bonds is 8. The number of ether oxygens (including phenoxy) is 1. The minimum atomic E-state index is -0.530. The molecule has 3 aromatic rings. The molecule has 1 aliphatic carbocycles. The van der Waals surface area contributed by atoms with Gasteiger partial charge in [0.05, 0.1) is 16.2 Å². The number of aromatic nitrogens is 2. The van der Waals surface area contributed by atoms with Crippen molar-refractivity contribution in [3.05, 3.63) is 76.1 Å². The van der Waals surface area contributed by atoms with Gasteiger partial charge in [-0.3, -0.25) is 25.2 Å². The predicted octanol–water partition coefficient (Wildman–Crippen LogP) is 4.06. The van der Waals surface area contributed by atoms with Crippen molar-refractivity contribution in [2.24, 2.45) is 0 Å². The van der Waals surface area contributed by atoms with Gasteiger partial charge in [-0.2, -0.15) is 0 Å². The van der Waals surface area contributed by atoms with E-state index in [-0.39, 0.29) is 34.9 Å². The third kappa shape index (κ3) is 6.43. The maximum absolute atomic E-state index is 11.9.